The van der Waals surface area contributed by atoms with Crippen LogP contribution in [0.2, 0.25) is 5.02 Å². The van der Waals surface area contributed by atoms with E-state index in [9.17, 15) is 0 Å². The van der Waals surface area contributed by atoms with E-state index in [0.29, 0.717) is 16.5 Å². The van der Waals surface area contributed by atoms with Crippen molar-refractivity contribution in [3.8, 4) is 17.1 Å². The topological polar surface area (TPSA) is 42.1 Å². The number of benzene rings is 2. The van der Waals surface area contributed by atoms with Crippen molar-refractivity contribution >= 4 is 23.8 Å². The van der Waals surface area contributed by atoms with Gasteiger partial charge >= 0.3 is 0 Å². The van der Waals surface area contributed by atoms with Crippen molar-refractivity contribution in [2.24, 2.45) is 0 Å². The summed E-state index contributed by atoms with van der Waals surface area (Å²) < 4.78 is 4.59. The van der Waals surface area contributed by atoms with Gasteiger partial charge in [0.1, 0.15) is 0 Å². The van der Waals surface area contributed by atoms with Crippen LogP contribution in [0.5, 0.6) is 0 Å². The summed E-state index contributed by atoms with van der Waals surface area (Å²) in [6.07, 6.45) is 3.55. The van der Waals surface area contributed by atoms with Crippen LogP contribution < -0.4 is 0 Å². The molecular weight excluding hydrogens is 452 g/mol. The predicted molar refractivity (Wildman–Crippen MR) is 134 cm³/mol. The third-order valence-electron chi connectivity index (χ3n) is 5.91. The Morgan fingerprint density at radius 1 is 0.818 bits per heavy atom. The summed E-state index contributed by atoms with van der Waals surface area (Å²) in [4.78, 5) is 9.05. The van der Waals surface area contributed by atoms with E-state index in [4.69, 9.17) is 28.9 Å². The van der Waals surface area contributed by atoms with E-state index in [1.807, 2.05) is 45.6 Å². The van der Waals surface area contributed by atoms with Crippen LogP contribution in [0.25, 0.3) is 17.1 Å². The third-order valence-corrected chi connectivity index (χ3v) is 6.56. The maximum absolute atomic E-state index is 6.12. The molecular formula is C25H25ClN6S. The molecule has 33 heavy (non-hydrogen) atoms. The molecule has 0 radical (unpaired) electrons. The molecule has 0 N–H and O–H groups in total. The summed E-state index contributed by atoms with van der Waals surface area (Å²) in [7, 11) is 0. The molecule has 0 amide bonds. The van der Waals surface area contributed by atoms with Gasteiger partial charge in [-0.25, -0.2) is 4.68 Å². The fourth-order valence-electron chi connectivity index (χ4n) is 4.13. The Bertz CT molecular complexity index is 1250. The van der Waals surface area contributed by atoms with Gasteiger partial charge in [-0.15, -0.1) is 5.10 Å². The van der Waals surface area contributed by atoms with Crippen LogP contribution in [0.4, 0.5) is 0 Å². The number of halogens is 1. The highest BCUT2D eigenvalue weighted by molar-refractivity contribution is 7.71. The van der Waals surface area contributed by atoms with Crippen LogP contribution >= 0.6 is 23.8 Å². The van der Waals surface area contributed by atoms with Crippen LogP contribution in [0.1, 0.15) is 5.56 Å². The van der Waals surface area contributed by atoms with E-state index in [2.05, 4.69) is 45.1 Å². The number of hydrogen-bond acceptors (Lipinski definition) is 5. The Morgan fingerprint density at radius 3 is 2.18 bits per heavy atom. The van der Waals surface area contributed by atoms with Gasteiger partial charge < -0.3 is 0 Å². The summed E-state index contributed by atoms with van der Waals surface area (Å²) in [5.74, 6) is 0.799. The Labute approximate surface area is 203 Å². The first-order valence-corrected chi connectivity index (χ1v) is 11.8. The lowest BCUT2D eigenvalue weighted by atomic mass is 10.2. The minimum Gasteiger partial charge on any atom is -0.297 e. The number of pyridine rings is 1. The monoisotopic (exact) mass is 476 g/mol. The van der Waals surface area contributed by atoms with Gasteiger partial charge in [-0.1, -0.05) is 41.9 Å². The molecule has 0 unspecified atom stereocenters. The first-order chi connectivity index (χ1) is 16.2. The van der Waals surface area contributed by atoms with Crippen LogP contribution in [-0.4, -0.2) is 55.3 Å². The zero-order chi connectivity index (χ0) is 22.6. The molecule has 168 valence electrons. The van der Waals surface area contributed by atoms with Gasteiger partial charge in [-0.2, -0.15) is 0 Å². The normalized spacial score (nSPS) is 15.1. The molecule has 0 spiro atoms. The highest BCUT2D eigenvalue weighted by atomic mass is 35.5. The predicted octanol–water partition coefficient (Wildman–Crippen LogP) is 4.89. The first-order valence-electron chi connectivity index (χ1n) is 11.0. The van der Waals surface area contributed by atoms with E-state index in [0.717, 1.165) is 49.8 Å². The molecule has 2 aromatic carbocycles. The number of nitrogens with zero attached hydrogens (tertiary/aromatic N) is 6. The lowest BCUT2D eigenvalue weighted by Gasteiger charge is -2.34. The average Bonchev–Trinajstić information content (AvgIpc) is 3.18. The standard InChI is InChI=1S/C25H25ClN6S/c26-22-6-8-23(9-7-22)32-24(21-10-12-27-13-11-21)28-31(25(32)33)19-30-16-14-29(15-17-30)18-20-4-2-1-3-5-20/h1-13H,14-19H2. The lowest BCUT2D eigenvalue weighted by Crippen LogP contribution is -2.46. The minimum atomic E-state index is 0.663. The van der Waals surface area contributed by atoms with Gasteiger partial charge in [0.25, 0.3) is 0 Å². The van der Waals surface area contributed by atoms with Crippen LogP contribution in [0, 0.1) is 4.77 Å². The van der Waals surface area contributed by atoms with E-state index >= 15 is 0 Å². The van der Waals surface area contributed by atoms with Crippen molar-refractivity contribution in [1.29, 1.82) is 0 Å². The number of hydrogen-bond donors (Lipinski definition) is 0. The fourth-order valence-corrected chi connectivity index (χ4v) is 4.55. The van der Waals surface area contributed by atoms with Gasteiger partial charge in [0.2, 0.25) is 4.77 Å². The van der Waals surface area contributed by atoms with Gasteiger partial charge in [0, 0.05) is 55.7 Å². The molecule has 0 saturated carbocycles. The first kappa shape index (κ1) is 22.0. The molecule has 8 heteroatoms. The van der Waals surface area contributed by atoms with Gasteiger partial charge in [-0.3, -0.25) is 19.4 Å². The number of aromatic nitrogens is 4. The zero-order valence-electron chi connectivity index (χ0n) is 18.2. The van der Waals surface area contributed by atoms with Gasteiger partial charge in [0.15, 0.2) is 5.82 Å². The maximum atomic E-state index is 6.12. The molecule has 5 rings (SSSR count). The second-order valence-corrected chi connectivity index (χ2v) is 8.98. The van der Waals surface area contributed by atoms with Crippen molar-refractivity contribution in [3.05, 3.63) is 94.5 Å². The second-order valence-electron chi connectivity index (χ2n) is 8.17. The van der Waals surface area contributed by atoms with Crippen molar-refractivity contribution in [2.45, 2.75) is 13.2 Å². The van der Waals surface area contributed by atoms with E-state index in [1.54, 1.807) is 12.4 Å². The Kier molecular flexibility index (Phi) is 6.64. The molecule has 1 fully saturated rings. The highest BCUT2D eigenvalue weighted by Crippen LogP contribution is 2.23. The van der Waals surface area contributed by atoms with Crippen molar-refractivity contribution < 1.29 is 0 Å². The SMILES string of the molecule is S=c1n(CN2CCN(Cc3ccccc3)CC2)nc(-c2ccncc2)n1-c1ccc(Cl)cc1. The minimum absolute atomic E-state index is 0.663. The van der Waals surface area contributed by atoms with Crippen molar-refractivity contribution in [1.82, 2.24) is 29.1 Å². The maximum Gasteiger partial charge on any atom is 0.204 e. The summed E-state index contributed by atoms with van der Waals surface area (Å²) in [6.45, 7) is 5.66. The molecule has 0 bridgehead atoms. The smallest absolute Gasteiger partial charge is 0.204 e. The Balaban J connectivity index is 1.36. The Morgan fingerprint density at radius 2 is 1.48 bits per heavy atom. The van der Waals surface area contributed by atoms with Crippen LogP contribution in [0.3, 0.4) is 0 Å². The van der Waals surface area contributed by atoms with Crippen molar-refractivity contribution in [3.63, 3.8) is 0 Å². The quantitative estimate of drug-likeness (QED) is 0.370. The molecule has 1 aliphatic rings. The molecule has 6 nitrogen and oxygen atoms in total. The highest BCUT2D eigenvalue weighted by Gasteiger charge is 2.20. The molecule has 0 aliphatic carbocycles. The average molecular weight is 477 g/mol. The summed E-state index contributed by atoms with van der Waals surface area (Å²) in [5.41, 5.74) is 3.27. The third kappa shape index (κ3) is 5.07. The van der Waals surface area contributed by atoms with E-state index in [1.165, 1.54) is 5.56 Å². The zero-order valence-corrected chi connectivity index (χ0v) is 19.8. The number of piperazine rings is 1. The molecule has 1 saturated heterocycles. The lowest BCUT2D eigenvalue weighted by molar-refractivity contribution is 0.0981. The molecule has 0 atom stereocenters. The van der Waals surface area contributed by atoms with Gasteiger partial charge in [-0.05, 0) is 54.2 Å². The van der Waals surface area contributed by atoms with Crippen molar-refractivity contribution in [2.75, 3.05) is 26.2 Å². The Hall–Kier alpha value is -2.84. The number of rotatable bonds is 6. The molecule has 3 heterocycles. The molecule has 1 aliphatic heterocycles. The summed E-state index contributed by atoms with van der Waals surface area (Å²) in [5, 5.41) is 5.61. The fraction of sp³-hybridized carbons (Fsp3) is 0.240. The summed E-state index contributed by atoms with van der Waals surface area (Å²) in [6, 6.07) is 22.2. The summed E-state index contributed by atoms with van der Waals surface area (Å²) >= 11 is 12.0. The molecule has 2 aromatic heterocycles. The largest absolute Gasteiger partial charge is 0.297 e. The van der Waals surface area contributed by atoms with Gasteiger partial charge in [0.05, 0.1) is 12.4 Å². The van der Waals surface area contributed by atoms with E-state index < -0.39 is 0 Å². The van der Waals surface area contributed by atoms with Crippen LogP contribution in [0.15, 0.2) is 79.1 Å². The van der Waals surface area contributed by atoms with Crippen LogP contribution in [-0.2, 0) is 13.2 Å². The molecule has 4 aromatic rings. The van der Waals surface area contributed by atoms with E-state index in [-0.39, 0.29) is 0 Å². The second kappa shape index (κ2) is 9.97.